The first-order chi connectivity index (χ1) is 13.6. The minimum Gasteiger partial charge on any atom is -0.381 e. The number of benzene rings is 1. The standard InChI is InChI=1S/C20H23N5O3/c1-13(25-19(27)16-7-3-2-6-15(16)11-22-25)17-9-18(26)24-20(23-17)21-10-14-5-4-8-28-12-14/h2-3,6-7,9,11,13-14H,4-5,8,10,12H2,1H3,(H2,21,23,24,26)/t13-,14-/m0/s1. The Hall–Kier alpha value is -3.00. The van der Waals surface area contributed by atoms with Gasteiger partial charge in [-0.25, -0.2) is 9.67 Å². The summed E-state index contributed by atoms with van der Waals surface area (Å²) in [6, 6.07) is 8.24. The lowest BCUT2D eigenvalue weighted by Crippen LogP contribution is -2.29. The lowest BCUT2D eigenvalue weighted by molar-refractivity contribution is 0.0594. The lowest BCUT2D eigenvalue weighted by Gasteiger charge is -2.22. The molecule has 0 bridgehead atoms. The summed E-state index contributed by atoms with van der Waals surface area (Å²) in [5, 5.41) is 8.84. The van der Waals surface area contributed by atoms with E-state index in [4.69, 9.17) is 4.74 Å². The molecule has 0 unspecified atom stereocenters. The Morgan fingerprint density at radius 2 is 2.21 bits per heavy atom. The Labute approximate surface area is 161 Å². The maximum atomic E-state index is 12.8. The second-order valence-electron chi connectivity index (χ2n) is 7.14. The van der Waals surface area contributed by atoms with Crippen molar-refractivity contribution in [2.75, 3.05) is 25.1 Å². The van der Waals surface area contributed by atoms with Gasteiger partial charge in [-0.15, -0.1) is 0 Å². The van der Waals surface area contributed by atoms with Gasteiger partial charge in [-0.3, -0.25) is 14.6 Å². The van der Waals surface area contributed by atoms with Crippen LogP contribution in [0.5, 0.6) is 0 Å². The van der Waals surface area contributed by atoms with E-state index in [1.807, 2.05) is 25.1 Å². The molecule has 0 spiro atoms. The molecule has 1 aliphatic heterocycles. The Balaban J connectivity index is 1.60. The van der Waals surface area contributed by atoms with Gasteiger partial charge >= 0.3 is 0 Å². The molecule has 1 saturated heterocycles. The molecule has 1 aliphatic rings. The minimum atomic E-state index is -0.474. The summed E-state index contributed by atoms with van der Waals surface area (Å²) < 4.78 is 6.85. The quantitative estimate of drug-likeness (QED) is 0.700. The third-order valence-electron chi connectivity index (χ3n) is 5.09. The van der Waals surface area contributed by atoms with E-state index in [1.54, 1.807) is 12.3 Å². The topological polar surface area (TPSA) is 102 Å². The molecule has 8 heteroatoms. The number of aromatic nitrogens is 4. The van der Waals surface area contributed by atoms with Crippen LogP contribution < -0.4 is 16.4 Å². The van der Waals surface area contributed by atoms with Crippen molar-refractivity contribution in [3.63, 3.8) is 0 Å². The molecular formula is C20H23N5O3. The van der Waals surface area contributed by atoms with Crippen LogP contribution in [0.4, 0.5) is 5.95 Å². The van der Waals surface area contributed by atoms with Crippen LogP contribution in [0.15, 0.2) is 46.1 Å². The maximum absolute atomic E-state index is 12.8. The fourth-order valence-corrected chi connectivity index (χ4v) is 3.49. The first kappa shape index (κ1) is 18.4. The first-order valence-corrected chi connectivity index (χ1v) is 9.51. The van der Waals surface area contributed by atoms with Crippen LogP contribution in [-0.4, -0.2) is 39.5 Å². The van der Waals surface area contributed by atoms with E-state index in [-0.39, 0.29) is 11.1 Å². The van der Waals surface area contributed by atoms with E-state index < -0.39 is 6.04 Å². The second kappa shape index (κ2) is 7.93. The summed E-state index contributed by atoms with van der Waals surface area (Å²) in [7, 11) is 0. The number of rotatable bonds is 5. The van der Waals surface area contributed by atoms with Crippen molar-refractivity contribution in [1.29, 1.82) is 0 Å². The highest BCUT2D eigenvalue weighted by atomic mass is 16.5. The van der Waals surface area contributed by atoms with Crippen molar-refractivity contribution in [3.8, 4) is 0 Å². The fourth-order valence-electron chi connectivity index (χ4n) is 3.49. The van der Waals surface area contributed by atoms with Gasteiger partial charge in [0.1, 0.15) is 0 Å². The van der Waals surface area contributed by atoms with Crippen LogP contribution in [0.1, 0.15) is 31.5 Å². The third kappa shape index (κ3) is 3.82. The Bertz CT molecular complexity index is 1080. The molecule has 0 saturated carbocycles. The zero-order valence-electron chi connectivity index (χ0n) is 15.7. The summed E-state index contributed by atoms with van der Waals surface area (Å²) in [6.07, 6.45) is 3.79. The van der Waals surface area contributed by atoms with Crippen LogP contribution >= 0.6 is 0 Å². The van der Waals surface area contributed by atoms with Crippen LogP contribution in [0.25, 0.3) is 10.8 Å². The van der Waals surface area contributed by atoms with E-state index in [9.17, 15) is 9.59 Å². The highest BCUT2D eigenvalue weighted by Gasteiger charge is 2.17. The normalized spacial score (nSPS) is 18.1. The largest absolute Gasteiger partial charge is 0.381 e. The van der Waals surface area contributed by atoms with Gasteiger partial charge in [-0.1, -0.05) is 18.2 Å². The molecule has 8 nitrogen and oxygen atoms in total. The second-order valence-corrected chi connectivity index (χ2v) is 7.14. The molecule has 2 atom stereocenters. The predicted molar refractivity (Wildman–Crippen MR) is 107 cm³/mol. The third-order valence-corrected chi connectivity index (χ3v) is 5.09. The number of anilines is 1. The molecule has 146 valence electrons. The van der Waals surface area contributed by atoms with Gasteiger partial charge in [0.15, 0.2) is 0 Å². The first-order valence-electron chi connectivity index (χ1n) is 9.51. The Morgan fingerprint density at radius 3 is 3.04 bits per heavy atom. The highest BCUT2D eigenvalue weighted by Crippen LogP contribution is 2.16. The molecule has 4 rings (SSSR count). The number of nitrogens with one attached hydrogen (secondary N) is 2. The summed E-state index contributed by atoms with van der Waals surface area (Å²) in [4.78, 5) is 32.1. The maximum Gasteiger partial charge on any atom is 0.275 e. The van der Waals surface area contributed by atoms with Crippen LogP contribution in [-0.2, 0) is 4.74 Å². The smallest absolute Gasteiger partial charge is 0.275 e. The summed E-state index contributed by atoms with van der Waals surface area (Å²) >= 11 is 0. The van der Waals surface area contributed by atoms with E-state index in [2.05, 4.69) is 20.4 Å². The number of fused-ring (bicyclic) bond motifs is 1. The zero-order chi connectivity index (χ0) is 19.5. The molecule has 1 aromatic carbocycles. The van der Waals surface area contributed by atoms with Crippen LogP contribution in [0.2, 0.25) is 0 Å². The fraction of sp³-hybridized carbons (Fsp3) is 0.400. The number of hydrogen-bond donors (Lipinski definition) is 2. The van der Waals surface area contributed by atoms with Crippen molar-refractivity contribution in [2.24, 2.45) is 5.92 Å². The number of nitrogens with zero attached hydrogens (tertiary/aromatic N) is 3. The van der Waals surface area contributed by atoms with Crippen molar-refractivity contribution >= 4 is 16.7 Å². The SMILES string of the molecule is C[C@@H](c1cc(=O)[nH]c(NC[C@@H]2CCCOC2)n1)n1ncc2ccccc2c1=O. The van der Waals surface area contributed by atoms with E-state index >= 15 is 0 Å². The Morgan fingerprint density at radius 1 is 1.36 bits per heavy atom. The van der Waals surface area contributed by atoms with E-state index in [0.29, 0.717) is 36.1 Å². The van der Waals surface area contributed by atoms with Gasteiger partial charge in [0.05, 0.1) is 29.9 Å². The summed E-state index contributed by atoms with van der Waals surface area (Å²) in [6.45, 7) is 4.01. The Kier molecular flexibility index (Phi) is 5.21. The average molecular weight is 381 g/mol. The van der Waals surface area contributed by atoms with Crippen LogP contribution in [0.3, 0.4) is 0 Å². The molecule has 0 aliphatic carbocycles. The number of ether oxygens (including phenoxy) is 1. The highest BCUT2D eigenvalue weighted by molar-refractivity contribution is 5.80. The minimum absolute atomic E-state index is 0.207. The summed E-state index contributed by atoms with van der Waals surface area (Å²) in [5.74, 6) is 0.790. The van der Waals surface area contributed by atoms with Crippen molar-refractivity contribution in [1.82, 2.24) is 19.7 Å². The van der Waals surface area contributed by atoms with E-state index in [1.165, 1.54) is 10.7 Å². The van der Waals surface area contributed by atoms with Gasteiger partial charge in [-0.05, 0) is 31.7 Å². The van der Waals surface area contributed by atoms with Crippen molar-refractivity contribution in [2.45, 2.75) is 25.8 Å². The number of hydrogen-bond acceptors (Lipinski definition) is 6. The van der Waals surface area contributed by atoms with Crippen LogP contribution in [0, 0.1) is 5.92 Å². The van der Waals surface area contributed by atoms with Crippen molar-refractivity contribution < 1.29 is 4.74 Å². The zero-order valence-corrected chi connectivity index (χ0v) is 15.7. The average Bonchev–Trinajstić information content (AvgIpc) is 2.73. The van der Waals surface area contributed by atoms with Gasteiger partial charge in [0, 0.05) is 24.6 Å². The van der Waals surface area contributed by atoms with E-state index in [0.717, 1.165) is 24.8 Å². The summed E-state index contributed by atoms with van der Waals surface area (Å²) in [5.41, 5.74) is 0.00523. The molecule has 3 heterocycles. The molecule has 3 aromatic rings. The number of aromatic amines is 1. The monoisotopic (exact) mass is 381 g/mol. The van der Waals surface area contributed by atoms with Gasteiger partial charge in [0.2, 0.25) is 5.95 Å². The van der Waals surface area contributed by atoms with Gasteiger partial charge in [-0.2, -0.15) is 5.10 Å². The molecule has 0 radical (unpaired) electrons. The molecule has 2 aromatic heterocycles. The number of H-pyrrole nitrogens is 1. The lowest BCUT2D eigenvalue weighted by atomic mass is 10.0. The molecular weight excluding hydrogens is 358 g/mol. The molecule has 0 amide bonds. The molecule has 1 fully saturated rings. The molecule has 2 N–H and O–H groups in total. The molecule has 28 heavy (non-hydrogen) atoms. The van der Waals surface area contributed by atoms with Gasteiger partial charge < -0.3 is 10.1 Å². The predicted octanol–water partition coefficient (Wildman–Crippen LogP) is 1.93. The van der Waals surface area contributed by atoms with Gasteiger partial charge in [0.25, 0.3) is 11.1 Å². The van der Waals surface area contributed by atoms with Crippen molar-refractivity contribution in [3.05, 3.63) is 62.9 Å².